The van der Waals surface area contributed by atoms with Crippen molar-refractivity contribution >= 4 is 28.8 Å². The van der Waals surface area contributed by atoms with Crippen molar-refractivity contribution in [3.8, 4) is 16.3 Å². The van der Waals surface area contributed by atoms with E-state index in [0.717, 1.165) is 21.1 Å². The van der Waals surface area contributed by atoms with Gasteiger partial charge in [-0.1, -0.05) is 11.6 Å². The summed E-state index contributed by atoms with van der Waals surface area (Å²) in [5.41, 5.74) is 2.19. The number of carbonyl (C=O) groups is 1. The normalized spacial score (nSPS) is 10.7. The number of thiazole rings is 1. The van der Waals surface area contributed by atoms with Crippen molar-refractivity contribution in [3.05, 3.63) is 69.4 Å². The van der Waals surface area contributed by atoms with E-state index in [1.165, 1.54) is 19.2 Å². The fourth-order valence-electron chi connectivity index (χ4n) is 2.62. The zero-order valence-corrected chi connectivity index (χ0v) is 16.5. The number of halogens is 2. The van der Waals surface area contributed by atoms with Gasteiger partial charge >= 0.3 is 0 Å². The lowest BCUT2D eigenvalue weighted by atomic mass is 10.2. The maximum Gasteiger partial charge on any atom is 0.255 e. The van der Waals surface area contributed by atoms with Crippen LogP contribution >= 0.6 is 22.9 Å². The van der Waals surface area contributed by atoms with Gasteiger partial charge in [-0.3, -0.25) is 4.79 Å². The molecule has 0 aliphatic heterocycles. The molecule has 1 amide bonds. The summed E-state index contributed by atoms with van der Waals surface area (Å²) in [5, 5.41) is 4.20. The molecule has 1 N–H and O–H groups in total. The Balaban J connectivity index is 1.65. The highest BCUT2D eigenvalue weighted by molar-refractivity contribution is 7.15. The zero-order chi connectivity index (χ0) is 19.4. The van der Waals surface area contributed by atoms with Gasteiger partial charge in [0.05, 0.1) is 18.4 Å². The molecule has 0 radical (unpaired) electrons. The zero-order valence-electron chi connectivity index (χ0n) is 14.9. The van der Waals surface area contributed by atoms with Crippen molar-refractivity contribution in [2.45, 2.75) is 13.3 Å². The Bertz CT molecular complexity index is 957. The Labute approximate surface area is 166 Å². The number of methoxy groups -OCH3 is 1. The molecular formula is C20H18ClFN2O2S. The van der Waals surface area contributed by atoms with Crippen LogP contribution in [-0.2, 0) is 6.42 Å². The van der Waals surface area contributed by atoms with Crippen LogP contribution < -0.4 is 10.1 Å². The molecular weight excluding hydrogens is 387 g/mol. The largest absolute Gasteiger partial charge is 0.496 e. The first kappa shape index (κ1) is 19.3. The third-order valence-electron chi connectivity index (χ3n) is 4.03. The minimum Gasteiger partial charge on any atom is -0.496 e. The van der Waals surface area contributed by atoms with Gasteiger partial charge in [-0.2, -0.15) is 0 Å². The average molecular weight is 405 g/mol. The van der Waals surface area contributed by atoms with E-state index in [1.54, 1.807) is 41.7 Å². The minimum atomic E-state index is -0.272. The van der Waals surface area contributed by atoms with E-state index in [-0.39, 0.29) is 11.7 Å². The van der Waals surface area contributed by atoms with Gasteiger partial charge in [-0.15, -0.1) is 11.3 Å². The summed E-state index contributed by atoms with van der Waals surface area (Å²) >= 11 is 7.52. The Morgan fingerprint density at radius 1 is 1.26 bits per heavy atom. The van der Waals surface area contributed by atoms with Gasteiger partial charge in [0.1, 0.15) is 16.6 Å². The van der Waals surface area contributed by atoms with Gasteiger partial charge in [0.25, 0.3) is 5.91 Å². The molecule has 0 fully saturated rings. The Hall–Kier alpha value is -2.44. The highest BCUT2D eigenvalue weighted by Crippen LogP contribution is 2.28. The van der Waals surface area contributed by atoms with Crippen LogP contribution in [0.4, 0.5) is 4.39 Å². The van der Waals surface area contributed by atoms with E-state index in [1.807, 2.05) is 6.92 Å². The van der Waals surface area contributed by atoms with Gasteiger partial charge in [0.15, 0.2) is 0 Å². The summed E-state index contributed by atoms with van der Waals surface area (Å²) < 4.78 is 18.3. The number of aryl methyl sites for hydroxylation is 1. The summed E-state index contributed by atoms with van der Waals surface area (Å²) in [6.07, 6.45) is 0.652. The number of amides is 1. The molecule has 0 saturated heterocycles. The van der Waals surface area contributed by atoms with Crippen LogP contribution in [0.1, 0.15) is 20.9 Å². The lowest BCUT2D eigenvalue weighted by Gasteiger charge is -2.09. The molecule has 0 spiro atoms. The van der Waals surface area contributed by atoms with Crippen molar-refractivity contribution in [3.63, 3.8) is 0 Å². The Kier molecular flexibility index (Phi) is 6.08. The number of nitrogens with one attached hydrogen (secondary N) is 1. The van der Waals surface area contributed by atoms with E-state index in [2.05, 4.69) is 10.3 Å². The lowest BCUT2D eigenvalue weighted by Crippen LogP contribution is -2.26. The second-order valence-corrected chi connectivity index (χ2v) is 7.41. The van der Waals surface area contributed by atoms with Gasteiger partial charge in [0, 0.05) is 28.4 Å². The Morgan fingerprint density at radius 2 is 2.00 bits per heavy atom. The second-order valence-electron chi connectivity index (χ2n) is 5.89. The van der Waals surface area contributed by atoms with Gasteiger partial charge in [-0.05, 0) is 49.4 Å². The number of carbonyl (C=O) groups excluding carboxylic acids is 1. The number of hydrogen-bond acceptors (Lipinski definition) is 4. The third kappa shape index (κ3) is 4.64. The fraction of sp³-hybridized carbons (Fsp3) is 0.200. The molecule has 0 atom stereocenters. The predicted octanol–water partition coefficient (Wildman–Crippen LogP) is 4.89. The summed E-state index contributed by atoms with van der Waals surface area (Å²) in [5.74, 6) is -0.0360. The number of aromatic nitrogens is 1. The molecule has 0 aliphatic rings. The highest BCUT2D eigenvalue weighted by atomic mass is 35.5. The lowest BCUT2D eigenvalue weighted by molar-refractivity contribution is 0.0951. The van der Waals surface area contributed by atoms with Gasteiger partial charge in [0.2, 0.25) is 0 Å². The predicted molar refractivity (Wildman–Crippen MR) is 106 cm³/mol. The molecule has 1 heterocycles. The van der Waals surface area contributed by atoms with Gasteiger partial charge < -0.3 is 10.1 Å². The first-order valence-corrected chi connectivity index (χ1v) is 9.51. The molecule has 0 saturated carbocycles. The van der Waals surface area contributed by atoms with Crippen LogP contribution in [0.2, 0.25) is 5.02 Å². The first-order chi connectivity index (χ1) is 13.0. The minimum absolute atomic E-state index is 0.240. The molecule has 27 heavy (non-hydrogen) atoms. The van der Waals surface area contributed by atoms with Crippen LogP contribution in [0.5, 0.6) is 5.75 Å². The van der Waals surface area contributed by atoms with E-state index in [0.29, 0.717) is 29.3 Å². The molecule has 2 aromatic carbocycles. The number of ether oxygens (including phenoxy) is 1. The fourth-order valence-corrected chi connectivity index (χ4v) is 3.86. The number of rotatable bonds is 6. The first-order valence-electron chi connectivity index (χ1n) is 8.32. The van der Waals surface area contributed by atoms with Crippen molar-refractivity contribution < 1.29 is 13.9 Å². The smallest absolute Gasteiger partial charge is 0.255 e. The van der Waals surface area contributed by atoms with Gasteiger partial charge in [-0.25, -0.2) is 9.37 Å². The number of hydrogen-bond donors (Lipinski definition) is 1. The molecule has 0 aliphatic carbocycles. The standard InChI is InChI=1S/C20H18ClFN2O2S/c1-12-18(27-20(24-12)13-3-6-15(22)7-4-13)9-10-23-19(25)16-11-14(21)5-8-17(16)26-2/h3-8,11H,9-10H2,1-2H3,(H,23,25). The highest BCUT2D eigenvalue weighted by Gasteiger charge is 2.14. The molecule has 7 heteroatoms. The van der Waals surface area contributed by atoms with Crippen LogP contribution in [0.15, 0.2) is 42.5 Å². The Morgan fingerprint density at radius 3 is 2.70 bits per heavy atom. The maximum atomic E-state index is 13.1. The molecule has 140 valence electrons. The van der Waals surface area contributed by atoms with E-state index < -0.39 is 0 Å². The van der Waals surface area contributed by atoms with Crippen molar-refractivity contribution in [1.82, 2.24) is 10.3 Å². The molecule has 0 unspecified atom stereocenters. The van der Waals surface area contributed by atoms with E-state index in [9.17, 15) is 9.18 Å². The maximum absolute atomic E-state index is 13.1. The van der Waals surface area contributed by atoms with Crippen LogP contribution in [0.3, 0.4) is 0 Å². The number of nitrogens with zero attached hydrogens (tertiary/aromatic N) is 1. The molecule has 4 nitrogen and oxygen atoms in total. The van der Waals surface area contributed by atoms with Crippen LogP contribution in [0.25, 0.3) is 10.6 Å². The molecule has 1 aromatic heterocycles. The average Bonchev–Trinajstić information content (AvgIpc) is 3.03. The SMILES string of the molecule is COc1ccc(Cl)cc1C(=O)NCCc1sc(-c2ccc(F)cc2)nc1C. The van der Waals surface area contributed by atoms with Crippen LogP contribution in [0, 0.1) is 12.7 Å². The number of benzene rings is 2. The van der Waals surface area contributed by atoms with E-state index in [4.69, 9.17) is 16.3 Å². The third-order valence-corrected chi connectivity index (χ3v) is 5.53. The van der Waals surface area contributed by atoms with E-state index >= 15 is 0 Å². The van der Waals surface area contributed by atoms with Crippen molar-refractivity contribution in [2.24, 2.45) is 0 Å². The topological polar surface area (TPSA) is 51.2 Å². The summed E-state index contributed by atoms with van der Waals surface area (Å²) in [6.45, 7) is 2.39. The second kappa shape index (κ2) is 8.50. The molecule has 0 bridgehead atoms. The summed E-state index contributed by atoms with van der Waals surface area (Å²) in [4.78, 5) is 18.0. The quantitative estimate of drug-likeness (QED) is 0.636. The molecule has 3 aromatic rings. The molecule has 3 rings (SSSR count). The monoisotopic (exact) mass is 404 g/mol. The van der Waals surface area contributed by atoms with Crippen molar-refractivity contribution in [1.29, 1.82) is 0 Å². The summed E-state index contributed by atoms with van der Waals surface area (Å²) in [6, 6.07) is 11.2. The summed E-state index contributed by atoms with van der Waals surface area (Å²) in [7, 11) is 1.51. The van der Waals surface area contributed by atoms with Crippen molar-refractivity contribution in [2.75, 3.05) is 13.7 Å². The van der Waals surface area contributed by atoms with Crippen LogP contribution in [-0.4, -0.2) is 24.5 Å².